The lowest BCUT2D eigenvalue weighted by Crippen LogP contribution is -2.29. The van der Waals surface area contributed by atoms with Crippen LogP contribution in [0.1, 0.15) is 69.2 Å². The Morgan fingerprint density at radius 3 is 2.69 bits per heavy atom. The van der Waals surface area contributed by atoms with E-state index in [1.165, 1.54) is 25.7 Å². The van der Waals surface area contributed by atoms with Crippen molar-refractivity contribution in [3.63, 3.8) is 0 Å². The van der Waals surface area contributed by atoms with E-state index < -0.39 is 0 Å². The monoisotopic (exact) mass is 352 g/mol. The molecule has 2 atom stereocenters. The summed E-state index contributed by atoms with van der Waals surface area (Å²) in [5.74, 6) is 2.24. The van der Waals surface area contributed by atoms with Crippen molar-refractivity contribution >= 4 is 5.65 Å². The maximum Gasteiger partial charge on any atom is 0.158 e. The Morgan fingerprint density at radius 1 is 1.04 bits per heavy atom. The van der Waals surface area contributed by atoms with Gasteiger partial charge in [-0.15, -0.1) is 0 Å². The Morgan fingerprint density at radius 2 is 1.85 bits per heavy atom. The van der Waals surface area contributed by atoms with Gasteiger partial charge in [0, 0.05) is 17.7 Å². The van der Waals surface area contributed by atoms with E-state index in [4.69, 9.17) is 10.1 Å². The molecule has 0 aliphatic heterocycles. The number of aliphatic hydroxyl groups is 1. The molecule has 0 bridgehead atoms. The van der Waals surface area contributed by atoms with Gasteiger partial charge in [-0.1, -0.05) is 25.7 Å². The predicted octanol–water partition coefficient (Wildman–Crippen LogP) is 3.12. The Hall–Kier alpha value is -2.28. The van der Waals surface area contributed by atoms with Crippen molar-refractivity contribution in [2.45, 2.75) is 69.4 Å². The third-order valence-corrected chi connectivity index (χ3v) is 5.91. The minimum atomic E-state index is -0.350. The van der Waals surface area contributed by atoms with Crippen LogP contribution in [0.2, 0.25) is 0 Å². The van der Waals surface area contributed by atoms with Crippen LogP contribution in [0.5, 0.6) is 0 Å². The molecule has 2 saturated carbocycles. The number of hydrogen-bond donors (Lipinski definition) is 1. The molecule has 26 heavy (non-hydrogen) atoms. The molecule has 0 radical (unpaired) electrons. The van der Waals surface area contributed by atoms with Gasteiger partial charge in [0.25, 0.3) is 0 Å². The molecule has 7 heteroatoms. The van der Waals surface area contributed by atoms with Gasteiger partial charge < -0.3 is 5.11 Å². The average molecular weight is 352 g/mol. The fourth-order valence-electron chi connectivity index (χ4n) is 4.46. The van der Waals surface area contributed by atoms with Crippen LogP contribution in [0.25, 0.3) is 17.0 Å². The number of pyridine rings is 1. The van der Waals surface area contributed by atoms with Crippen LogP contribution in [0.4, 0.5) is 0 Å². The number of rotatable bonds is 3. The summed E-state index contributed by atoms with van der Waals surface area (Å²) in [4.78, 5) is 9.24. The minimum Gasteiger partial charge on any atom is -0.391 e. The summed E-state index contributed by atoms with van der Waals surface area (Å²) in [6.07, 6.45) is 12.0. The van der Waals surface area contributed by atoms with Crippen LogP contribution in [-0.2, 0) is 0 Å². The Balaban J connectivity index is 1.61. The molecule has 2 fully saturated rings. The molecule has 7 nitrogen and oxygen atoms in total. The third-order valence-electron chi connectivity index (χ3n) is 5.91. The lowest BCUT2D eigenvalue weighted by molar-refractivity contribution is 0.0699. The molecule has 1 N–H and O–H groups in total. The fraction of sp³-hybridized carbons (Fsp3) is 0.579. The standard InChI is InChI=1S/C19H24N6O/c26-16-8-4-3-7-15(16)25-19(22-18(23-25)13-5-1-2-6-13)14-9-10-24-17(11-14)20-12-21-24/h9-13,15-16,26H,1-8H2/t15-,16-/m1/s1. The van der Waals surface area contributed by atoms with Gasteiger partial charge in [-0.25, -0.2) is 19.2 Å². The Bertz CT molecular complexity index is 910. The van der Waals surface area contributed by atoms with Crippen LogP contribution in [0, 0.1) is 0 Å². The summed E-state index contributed by atoms with van der Waals surface area (Å²) in [5, 5.41) is 19.7. The maximum atomic E-state index is 10.6. The normalized spacial score (nSPS) is 24.5. The molecule has 0 amide bonds. The molecule has 2 aliphatic carbocycles. The highest BCUT2D eigenvalue weighted by Crippen LogP contribution is 2.36. The van der Waals surface area contributed by atoms with E-state index in [1.807, 2.05) is 23.0 Å². The van der Waals surface area contributed by atoms with Crippen LogP contribution in [0.15, 0.2) is 24.7 Å². The predicted molar refractivity (Wildman–Crippen MR) is 96.7 cm³/mol. The van der Waals surface area contributed by atoms with Crippen LogP contribution in [0.3, 0.4) is 0 Å². The summed E-state index contributed by atoms with van der Waals surface area (Å²) < 4.78 is 3.75. The summed E-state index contributed by atoms with van der Waals surface area (Å²) in [6.45, 7) is 0. The van der Waals surface area contributed by atoms with Gasteiger partial charge in [0.05, 0.1) is 12.1 Å². The molecule has 0 unspecified atom stereocenters. The summed E-state index contributed by atoms with van der Waals surface area (Å²) in [5.41, 5.74) is 1.78. The van der Waals surface area contributed by atoms with Crippen LogP contribution in [-0.4, -0.2) is 40.6 Å². The van der Waals surface area contributed by atoms with Gasteiger partial charge >= 0.3 is 0 Å². The van der Waals surface area contributed by atoms with Gasteiger partial charge in [-0.3, -0.25) is 0 Å². The highest BCUT2D eigenvalue weighted by Gasteiger charge is 2.31. The topological polar surface area (TPSA) is 81.1 Å². The first-order chi connectivity index (χ1) is 12.8. The molecule has 3 aromatic heterocycles. The number of fused-ring (bicyclic) bond motifs is 1. The van der Waals surface area contributed by atoms with E-state index in [9.17, 15) is 5.11 Å². The third kappa shape index (κ3) is 2.70. The Labute approximate surface area is 152 Å². The van der Waals surface area contributed by atoms with Crippen molar-refractivity contribution < 1.29 is 5.11 Å². The number of aromatic nitrogens is 6. The molecule has 3 aromatic rings. The summed E-state index contributed by atoms with van der Waals surface area (Å²) >= 11 is 0. The zero-order valence-electron chi connectivity index (χ0n) is 14.8. The SMILES string of the molecule is O[C@@H]1CCCC[C@H]1n1nc(C2CCCC2)nc1-c1ccn2ncnc2c1. The van der Waals surface area contributed by atoms with Crippen molar-refractivity contribution in [3.8, 4) is 11.4 Å². The lowest BCUT2D eigenvalue weighted by Gasteiger charge is -2.28. The van der Waals surface area contributed by atoms with E-state index in [2.05, 4.69) is 10.1 Å². The molecular formula is C19H24N6O. The van der Waals surface area contributed by atoms with Crippen LogP contribution >= 0.6 is 0 Å². The average Bonchev–Trinajstić information content (AvgIpc) is 3.40. The molecule has 136 valence electrons. The minimum absolute atomic E-state index is 0.00972. The number of nitrogens with zero attached hydrogens (tertiary/aromatic N) is 6. The summed E-state index contributed by atoms with van der Waals surface area (Å²) in [7, 11) is 0. The van der Waals surface area contributed by atoms with Crippen molar-refractivity contribution in [3.05, 3.63) is 30.5 Å². The lowest BCUT2D eigenvalue weighted by atomic mass is 9.92. The quantitative estimate of drug-likeness (QED) is 0.783. The molecule has 2 aliphatic rings. The Kier molecular flexibility index (Phi) is 3.96. The smallest absolute Gasteiger partial charge is 0.158 e. The first-order valence-corrected chi connectivity index (χ1v) is 9.74. The molecule has 0 aromatic carbocycles. The van der Waals surface area contributed by atoms with E-state index >= 15 is 0 Å². The molecular weight excluding hydrogens is 328 g/mol. The summed E-state index contributed by atoms with van der Waals surface area (Å²) in [6, 6.07) is 4.02. The van der Waals surface area contributed by atoms with Crippen LogP contribution < -0.4 is 0 Å². The van der Waals surface area contributed by atoms with Crippen molar-refractivity contribution in [1.29, 1.82) is 0 Å². The van der Waals surface area contributed by atoms with Gasteiger partial charge in [-0.05, 0) is 37.8 Å². The van der Waals surface area contributed by atoms with Gasteiger partial charge in [0.2, 0.25) is 0 Å². The molecule has 0 spiro atoms. The van der Waals surface area contributed by atoms with E-state index in [-0.39, 0.29) is 12.1 Å². The zero-order valence-corrected chi connectivity index (χ0v) is 14.8. The van der Waals surface area contributed by atoms with Gasteiger partial charge in [0.15, 0.2) is 17.3 Å². The zero-order chi connectivity index (χ0) is 17.5. The van der Waals surface area contributed by atoms with E-state index in [0.29, 0.717) is 5.92 Å². The maximum absolute atomic E-state index is 10.6. The molecule has 3 heterocycles. The van der Waals surface area contributed by atoms with E-state index in [0.717, 1.165) is 48.5 Å². The first kappa shape index (κ1) is 15.9. The van der Waals surface area contributed by atoms with Gasteiger partial charge in [-0.2, -0.15) is 10.2 Å². The second-order valence-corrected chi connectivity index (χ2v) is 7.62. The molecule has 5 rings (SSSR count). The van der Waals surface area contributed by atoms with Crippen molar-refractivity contribution in [1.82, 2.24) is 29.4 Å². The highest BCUT2D eigenvalue weighted by atomic mass is 16.3. The largest absolute Gasteiger partial charge is 0.391 e. The van der Waals surface area contributed by atoms with Gasteiger partial charge in [0.1, 0.15) is 6.33 Å². The highest BCUT2D eigenvalue weighted by molar-refractivity contribution is 5.61. The fourth-order valence-corrected chi connectivity index (χ4v) is 4.46. The van der Waals surface area contributed by atoms with Crippen molar-refractivity contribution in [2.24, 2.45) is 0 Å². The second kappa shape index (κ2) is 6.46. The second-order valence-electron chi connectivity index (χ2n) is 7.62. The molecule has 0 saturated heterocycles. The number of hydrogen-bond acceptors (Lipinski definition) is 5. The number of aliphatic hydroxyl groups excluding tert-OH is 1. The first-order valence-electron chi connectivity index (χ1n) is 9.74. The van der Waals surface area contributed by atoms with E-state index in [1.54, 1.807) is 10.8 Å². The van der Waals surface area contributed by atoms with Crippen molar-refractivity contribution in [2.75, 3.05) is 0 Å².